The Hall–Kier alpha value is -1.96. The van der Waals surface area contributed by atoms with Crippen LogP contribution < -0.4 is 11.5 Å². The summed E-state index contributed by atoms with van der Waals surface area (Å²) in [4.78, 5) is 0. The molecular formula is C20H26N2. The Morgan fingerprint density at radius 3 is 2.23 bits per heavy atom. The van der Waals surface area contributed by atoms with Crippen LogP contribution in [0.1, 0.15) is 67.6 Å². The molecule has 0 bridgehead atoms. The predicted octanol–water partition coefficient (Wildman–Crippen LogP) is 5.05. The van der Waals surface area contributed by atoms with Crippen molar-refractivity contribution < 1.29 is 0 Å². The lowest BCUT2D eigenvalue weighted by molar-refractivity contribution is 0.443. The van der Waals surface area contributed by atoms with E-state index in [1.807, 2.05) is 18.2 Å². The van der Waals surface area contributed by atoms with Crippen molar-refractivity contribution >= 4 is 11.4 Å². The van der Waals surface area contributed by atoms with E-state index in [1.165, 1.54) is 43.2 Å². The molecule has 0 spiro atoms. The number of hydrogen-bond donors (Lipinski definition) is 2. The van der Waals surface area contributed by atoms with Gasteiger partial charge in [-0.3, -0.25) is 0 Å². The van der Waals surface area contributed by atoms with Crippen LogP contribution in [-0.2, 0) is 0 Å². The molecule has 2 aromatic rings. The summed E-state index contributed by atoms with van der Waals surface area (Å²) in [5, 5.41) is 0. The van der Waals surface area contributed by atoms with Gasteiger partial charge in [0.15, 0.2) is 0 Å². The molecule has 0 saturated heterocycles. The zero-order valence-corrected chi connectivity index (χ0v) is 13.4. The summed E-state index contributed by atoms with van der Waals surface area (Å²) in [6, 6.07) is 15.0. The molecule has 1 unspecified atom stereocenters. The smallest absolute Gasteiger partial charge is 0.0373 e. The first kappa shape index (κ1) is 15.0. The number of anilines is 2. The highest BCUT2D eigenvalue weighted by molar-refractivity contribution is 5.59. The van der Waals surface area contributed by atoms with Crippen molar-refractivity contribution in [1.82, 2.24) is 0 Å². The lowest BCUT2D eigenvalue weighted by Crippen LogP contribution is -2.05. The van der Waals surface area contributed by atoms with E-state index in [2.05, 4.69) is 31.2 Å². The SMILES string of the molecule is CC(c1ccc(C2CCCCC2)cc1)c1ccc(N)cc1N. The second kappa shape index (κ2) is 6.43. The van der Waals surface area contributed by atoms with E-state index in [9.17, 15) is 0 Å². The molecule has 0 aliphatic heterocycles. The van der Waals surface area contributed by atoms with Crippen molar-refractivity contribution in [3.05, 3.63) is 59.2 Å². The zero-order chi connectivity index (χ0) is 15.5. The van der Waals surface area contributed by atoms with Gasteiger partial charge in [-0.25, -0.2) is 0 Å². The fourth-order valence-corrected chi connectivity index (χ4v) is 3.66. The molecule has 1 atom stereocenters. The first-order valence-electron chi connectivity index (χ1n) is 8.40. The average Bonchev–Trinajstić information content (AvgIpc) is 2.55. The van der Waals surface area contributed by atoms with Gasteiger partial charge in [0, 0.05) is 17.3 Å². The van der Waals surface area contributed by atoms with E-state index >= 15 is 0 Å². The fourth-order valence-electron chi connectivity index (χ4n) is 3.66. The highest BCUT2D eigenvalue weighted by atomic mass is 14.6. The minimum atomic E-state index is 0.293. The molecule has 1 aliphatic rings. The molecule has 2 nitrogen and oxygen atoms in total. The third kappa shape index (κ3) is 3.11. The number of nitrogens with two attached hydrogens (primary N) is 2. The van der Waals surface area contributed by atoms with Crippen molar-refractivity contribution in [2.45, 2.75) is 50.9 Å². The molecule has 0 amide bonds. The zero-order valence-electron chi connectivity index (χ0n) is 13.4. The first-order chi connectivity index (χ1) is 10.6. The molecule has 116 valence electrons. The van der Waals surface area contributed by atoms with Crippen LogP contribution in [-0.4, -0.2) is 0 Å². The van der Waals surface area contributed by atoms with E-state index in [-0.39, 0.29) is 0 Å². The van der Waals surface area contributed by atoms with Crippen LogP contribution in [0.4, 0.5) is 11.4 Å². The van der Waals surface area contributed by atoms with Crippen molar-refractivity contribution in [2.75, 3.05) is 11.5 Å². The normalized spacial score (nSPS) is 17.3. The van der Waals surface area contributed by atoms with Gasteiger partial charge in [-0.05, 0) is 47.6 Å². The summed E-state index contributed by atoms with van der Waals surface area (Å²) in [5.41, 5.74) is 17.4. The van der Waals surface area contributed by atoms with Crippen LogP contribution in [0.3, 0.4) is 0 Å². The summed E-state index contributed by atoms with van der Waals surface area (Å²) in [5.74, 6) is 1.06. The quantitative estimate of drug-likeness (QED) is 0.778. The van der Waals surface area contributed by atoms with Crippen LogP contribution in [0.15, 0.2) is 42.5 Å². The Kier molecular flexibility index (Phi) is 4.37. The maximum Gasteiger partial charge on any atom is 0.0373 e. The highest BCUT2D eigenvalue weighted by Crippen LogP contribution is 2.34. The van der Waals surface area contributed by atoms with Gasteiger partial charge < -0.3 is 11.5 Å². The molecule has 0 aromatic heterocycles. The molecule has 1 saturated carbocycles. The Morgan fingerprint density at radius 1 is 0.909 bits per heavy atom. The van der Waals surface area contributed by atoms with E-state index < -0.39 is 0 Å². The Balaban J connectivity index is 1.79. The van der Waals surface area contributed by atoms with Crippen LogP contribution in [0.2, 0.25) is 0 Å². The van der Waals surface area contributed by atoms with Gasteiger partial charge in [0.1, 0.15) is 0 Å². The van der Waals surface area contributed by atoms with Crippen LogP contribution in [0.25, 0.3) is 0 Å². The Labute approximate surface area is 133 Å². The average molecular weight is 294 g/mol. The molecule has 22 heavy (non-hydrogen) atoms. The standard InChI is InChI=1S/C20H26N2/c1-14(19-12-11-18(21)13-20(19)22)15-7-9-17(10-8-15)16-5-3-2-4-6-16/h7-14,16H,2-6,21-22H2,1H3. The summed E-state index contributed by atoms with van der Waals surface area (Å²) >= 11 is 0. The van der Waals surface area contributed by atoms with E-state index in [1.54, 1.807) is 0 Å². The molecule has 1 fully saturated rings. The van der Waals surface area contributed by atoms with Crippen molar-refractivity contribution in [3.63, 3.8) is 0 Å². The van der Waals surface area contributed by atoms with Crippen molar-refractivity contribution in [3.8, 4) is 0 Å². The number of benzene rings is 2. The Bertz CT molecular complexity index is 625. The van der Waals surface area contributed by atoms with Crippen LogP contribution in [0, 0.1) is 0 Å². The van der Waals surface area contributed by atoms with Gasteiger partial charge in [-0.2, -0.15) is 0 Å². The maximum atomic E-state index is 6.13. The molecule has 4 N–H and O–H groups in total. The predicted molar refractivity (Wildman–Crippen MR) is 95.1 cm³/mol. The number of rotatable bonds is 3. The van der Waals surface area contributed by atoms with E-state index in [0.29, 0.717) is 5.92 Å². The number of nitrogen functional groups attached to an aromatic ring is 2. The van der Waals surface area contributed by atoms with Gasteiger partial charge in [-0.15, -0.1) is 0 Å². The van der Waals surface area contributed by atoms with Gasteiger partial charge in [0.25, 0.3) is 0 Å². The topological polar surface area (TPSA) is 52.0 Å². The van der Waals surface area contributed by atoms with E-state index in [4.69, 9.17) is 11.5 Å². The van der Waals surface area contributed by atoms with E-state index in [0.717, 1.165) is 22.9 Å². The molecule has 0 heterocycles. The van der Waals surface area contributed by atoms with Crippen molar-refractivity contribution in [1.29, 1.82) is 0 Å². The largest absolute Gasteiger partial charge is 0.399 e. The minimum absolute atomic E-state index is 0.293. The van der Waals surface area contributed by atoms with Crippen LogP contribution in [0.5, 0.6) is 0 Å². The maximum absolute atomic E-state index is 6.13. The Morgan fingerprint density at radius 2 is 1.59 bits per heavy atom. The minimum Gasteiger partial charge on any atom is -0.399 e. The third-order valence-electron chi connectivity index (χ3n) is 5.09. The highest BCUT2D eigenvalue weighted by Gasteiger charge is 2.16. The lowest BCUT2D eigenvalue weighted by Gasteiger charge is -2.23. The molecule has 2 aromatic carbocycles. The monoisotopic (exact) mass is 294 g/mol. The van der Waals surface area contributed by atoms with Gasteiger partial charge in [-0.1, -0.05) is 56.5 Å². The molecule has 0 radical (unpaired) electrons. The molecular weight excluding hydrogens is 268 g/mol. The molecule has 1 aliphatic carbocycles. The lowest BCUT2D eigenvalue weighted by atomic mass is 9.83. The second-order valence-corrected chi connectivity index (χ2v) is 6.61. The van der Waals surface area contributed by atoms with Gasteiger partial charge in [0.2, 0.25) is 0 Å². The summed E-state index contributed by atoms with van der Waals surface area (Å²) in [6.07, 6.45) is 6.86. The van der Waals surface area contributed by atoms with Gasteiger partial charge in [0.05, 0.1) is 0 Å². The third-order valence-corrected chi connectivity index (χ3v) is 5.09. The summed E-state index contributed by atoms with van der Waals surface area (Å²) < 4.78 is 0. The summed E-state index contributed by atoms with van der Waals surface area (Å²) in [6.45, 7) is 2.21. The molecule has 2 heteroatoms. The van der Waals surface area contributed by atoms with Crippen LogP contribution >= 0.6 is 0 Å². The van der Waals surface area contributed by atoms with Crippen molar-refractivity contribution in [2.24, 2.45) is 0 Å². The number of hydrogen-bond acceptors (Lipinski definition) is 2. The fraction of sp³-hybridized carbons (Fsp3) is 0.400. The second-order valence-electron chi connectivity index (χ2n) is 6.61. The van der Waals surface area contributed by atoms with Gasteiger partial charge >= 0.3 is 0 Å². The first-order valence-corrected chi connectivity index (χ1v) is 8.40. The molecule has 3 rings (SSSR count). The summed E-state index contributed by atoms with van der Waals surface area (Å²) in [7, 11) is 0.